The summed E-state index contributed by atoms with van der Waals surface area (Å²) in [5.74, 6) is 1.09. The van der Waals surface area contributed by atoms with E-state index in [1.807, 2.05) is 13.8 Å². The van der Waals surface area contributed by atoms with Gasteiger partial charge in [0.2, 0.25) is 5.82 Å². The van der Waals surface area contributed by atoms with Gasteiger partial charge in [0.05, 0.1) is 0 Å². The molecule has 0 aromatic carbocycles. The van der Waals surface area contributed by atoms with Gasteiger partial charge in [-0.3, -0.25) is 0 Å². The molecule has 1 aromatic heterocycles. The Labute approximate surface area is 90.2 Å². The quantitative estimate of drug-likeness (QED) is 0.810. The first-order chi connectivity index (χ1) is 6.95. The summed E-state index contributed by atoms with van der Waals surface area (Å²) in [5, 5.41) is 6.93. The molecule has 1 heterocycles. The van der Waals surface area contributed by atoms with Gasteiger partial charge in [-0.1, -0.05) is 19.0 Å². The maximum atomic E-state index is 5.25. The zero-order valence-electron chi connectivity index (χ0n) is 10.00. The zero-order valence-corrected chi connectivity index (χ0v) is 10.00. The van der Waals surface area contributed by atoms with Crippen LogP contribution in [0, 0.1) is 5.92 Å². The molecule has 0 atom stereocenters. The molecule has 0 saturated heterocycles. The number of nitrogens with one attached hydrogen (secondary N) is 1. The highest BCUT2D eigenvalue weighted by atomic mass is 16.5. The number of anilines is 1. The molecular weight excluding hydrogens is 194 g/mol. The Bertz CT molecular complexity index is 307. The van der Waals surface area contributed by atoms with Crippen LogP contribution >= 0.6 is 0 Å². The molecule has 0 radical (unpaired) electrons. The van der Waals surface area contributed by atoms with Gasteiger partial charge in [-0.05, 0) is 19.8 Å². The van der Waals surface area contributed by atoms with Crippen molar-refractivity contribution in [2.24, 2.45) is 5.92 Å². The molecule has 0 amide bonds. The molecule has 5 nitrogen and oxygen atoms in total. The molecule has 0 aliphatic carbocycles. The summed E-state index contributed by atoms with van der Waals surface area (Å²) in [4.78, 5) is 4.21. The first-order valence-corrected chi connectivity index (χ1v) is 5.09. The van der Waals surface area contributed by atoms with Crippen LogP contribution in [-0.4, -0.2) is 23.8 Å². The monoisotopic (exact) mass is 213 g/mol. The van der Waals surface area contributed by atoms with E-state index in [2.05, 4.69) is 29.3 Å². The Hall–Kier alpha value is -1.10. The lowest BCUT2D eigenvalue weighted by Crippen LogP contribution is -2.21. The average Bonchev–Trinajstić information content (AvgIpc) is 2.63. The van der Waals surface area contributed by atoms with Crippen LogP contribution < -0.4 is 5.32 Å². The smallest absolute Gasteiger partial charge is 0.321 e. The number of rotatable bonds is 5. The molecule has 0 aliphatic rings. The maximum Gasteiger partial charge on any atom is 0.321 e. The Balaban J connectivity index is 2.64. The second kappa shape index (κ2) is 4.61. The number of nitrogens with zero attached hydrogens (tertiary/aromatic N) is 2. The van der Waals surface area contributed by atoms with Crippen LogP contribution in [0.4, 0.5) is 6.01 Å². The molecule has 1 aromatic rings. The van der Waals surface area contributed by atoms with Crippen molar-refractivity contribution < 1.29 is 9.26 Å². The van der Waals surface area contributed by atoms with E-state index in [9.17, 15) is 0 Å². The standard InChI is InChI=1S/C10H19N3O2/c1-7(2)6-11-9-12-8(13-15-9)10(3,4)14-5/h7H,6H2,1-5H3,(H,11,12,13). The van der Waals surface area contributed by atoms with Crippen molar-refractivity contribution in [2.45, 2.75) is 33.3 Å². The minimum atomic E-state index is -0.513. The minimum Gasteiger partial charge on any atom is -0.371 e. The van der Waals surface area contributed by atoms with Crippen LogP contribution in [0.5, 0.6) is 0 Å². The molecule has 0 unspecified atom stereocenters. The fourth-order valence-electron chi connectivity index (χ4n) is 0.923. The number of aromatic nitrogens is 2. The normalized spacial score (nSPS) is 12.1. The topological polar surface area (TPSA) is 60.2 Å². The summed E-state index contributed by atoms with van der Waals surface area (Å²) in [6.07, 6.45) is 0. The zero-order chi connectivity index (χ0) is 11.5. The number of hydrogen-bond acceptors (Lipinski definition) is 5. The minimum absolute atomic E-state index is 0.448. The third-order valence-corrected chi connectivity index (χ3v) is 2.14. The highest BCUT2D eigenvalue weighted by molar-refractivity contribution is 5.19. The van der Waals surface area contributed by atoms with Gasteiger partial charge in [-0.2, -0.15) is 4.98 Å². The van der Waals surface area contributed by atoms with Gasteiger partial charge in [-0.15, -0.1) is 0 Å². The SMILES string of the molecule is COC(C)(C)c1noc(NCC(C)C)n1. The second-order valence-corrected chi connectivity index (χ2v) is 4.41. The van der Waals surface area contributed by atoms with Gasteiger partial charge < -0.3 is 14.6 Å². The summed E-state index contributed by atoms with van der Waals surface area (Å²) in [5.41, 5.74) is -0.513. The largest absolute Gasteiger partial charge is 0.371 e. The summed E-state index contributed by atoms with van der Waals surface area (Å²) < 4.78 is 10.3. The van der Waals surface area contributed by atoms with Crippen molar-refractivity contribution >= 4 is 6.01 Å². The van der Waals surface area contributed by atoms with Crippen LogP contribution in [0.2, 0.25) is 0 Å². The number of hydrogen-bond donors (Lipinski definition) is 1. The molecule has 86 valence electrons. The molecule has 0 fully saturated rings. The van der Waals surface area contributed by atoms with Crippen LogP contribution in [-0.2, 0) is 10.3 Å². The van der Waals surface area contributed by atoms with Crippen molar-refractivity contribution in [1.29, 1.82) is 0 Å². The van der Waals surface area contributed by atoms with Crippen molar-refractivity contribution in [2.75, 3.05) is 19.0 Å². The molecule has 5 heteroatoms. The third kappa shape index (κ3) is 3.20. The van der Waals surface area contributed by atoms with Gasteiger partial charge in [0.25, 0.3) is 0 Å². The summed E-state index contributed by atoms with van der Waals surface area (Å²) in [6.45, 7) is 8.83. The highest BCUT2D eigenvalue weighted by Gasteiger charge is 2.26. The van der Waals surface area contributed by atoms with Gasteiger partial charge >= 0.3 is 6.01 Å². The van der Waals surface area contributed by atoms with E-state index < -0.39 is 5.60 Å². The molecule has 0 saturated carbocycles. The average molecular weight is 213 g/mol. The lowest BCUT2D eigenvalue weighted by molar-refractivity contribution is 0.00973. The van der Waals surface area contributed by atoms with Crippen LogP contribution in [0.1, 0.15) is 33.5 Å². The predicted octanol–water partition coefficient (Wildman–Crippen LogP) is 2.02. The Morgan fingerprint density at radius 2 is 2.13 bits per heavy atom. The van der Waals surface area contributed by atoms with Gasteiger partial charge in [0.15, 0.2) is 0 Å². The first-order valence-electron chi connectivity index (χ1n) is 5.09. The molecule has 1 rings (SSSR count). The first kappa shape index (κ1) is 12.0. The van der Waals surface area contributed by atoms with Gasteiger partial charge in [0.1, 0.15) is 5.60 Å². The summed E-state index contributed by atoms with van der Waals surface area (Å²) in [7, 11) is 1.62. The van der Waals surface area contributed by atoms with Crippen LogP contribution in [0.15, 0.2) is 4.52 Å². The molecule has 1 N–H and O–H groups in total. The number of ether oxygens (including phenoxy) is 1. The summed E-state index contributed by atoms with van der Waals surface area (Å²) in [6, 6.07) is 0.448. The fourth-order valence-corrected chi connectivity index (χ4v) is 0.923. The van der Waals surface area contributed by atoms with E-state index in [1.54, 1.807) is 7.11 Å². The number of methoxy groups -OCH3 is 1. The van der Waals surface area contributed by atoms with Crippen LogP contribution in [0.3, 0.4) is 0 Å². The Morgan fingerprint density at radius 3 is 2.67 bits per heavy atom. The van der Waals surface area contributed by atoms with E-state index in [1.165, 1.54) is 0 Å². The fraction of sp³-hybridized carbons (Fsp3) is 0.800. The highest BCUT2D eigenvalue weighted by Crippen LogP contribution is 2.21. The van der Waals surface area contributed by atoms with Crippen molar-refractivity contribution in [3.8, 4) is 0 Å². The third-order valence-electron chi connectivity index (χ3n) is 2.14. The van der Waals surface area contributed by atoms with E-state index in [0.717, 1.165) is 6.54 Å². The maximum absolute atomic E-state index is 5.25. The van der Waals surface area contributed by atoms with E-state index >= 15 is 0 Å². The molecule has 0 aliphatic heterocycles. The molecule has 0 spiro atoms. The van der Waals surface area contributed by atoms with Crippen LogP contribution in [0.25, 0.3) is 0 Å². The lowest BCUT2D eigenvalue weighted by atomic mass is 10.1. The lowest BCUT2D eigenvalue weighted by Gasteiger charge is -2.17. The van der Waals surface area contributed by atoms with Crippen molar-refractivity contribution in [1.82, 2.24) is 10.1 Å². The van der Waals surface area contributed by atoms with E-state index in [4.69, 9.17) is 9.26 Å². The Morgan fingerprint density at radius 1 is 1.47 bits per heavy atom. The van der Waals surface area contributed by atoms with Crippen molar-refractivity contribution in [3.63, 3.8) is 0 Å². The predicted molar refractivity (Wildman–Crippen MR) is 57.7 cm³/mol. The van der Waals surface area contributed by atoms with E-state index in [0.29, 0.717) is 17.8 Å². The molecule has 15 heavy (non-hydrogen) atoms. The van der Waals surface area contributed by atoms with Gasteiger partial charge in [-0.25, -0.2) is 0 Å². The van der Waals surface area contributed by atoms with E-state index in [-0.39, 0.29) is 0 Å². The van der Waals surface area contributed by atoms with Crippen molar-refractivity contribution in [3.05, 3.63) is 5.82 Å². The van der Waals surface area contributed by atoms with Gasteiger partial charge in [0, 0.05) is 13.7 Å². The second-order valence-electron chi connectivity index (χ2n) is 4.41. The molecular formula is C10H19N3O2. The Kier molecular flexibility index (Phi) is 3.68. The molecule has 0 bridgehead atoms. The summed E-state index contributed by atoms with van der Waals surface area (Å²) >= 11 is 0.